The number of hydrogen-bond donors (Lipinski definition) is 1. The maximum Gasteiger partial charge on any atom is 0.296 e. The molecule has 1 amide bonds. The predicted octanol–water partition coefficient (Wildman–Crippen LogP) is 5.47. The fourth-order valence-electron chi connectivity index (χ4n) is 3.51. The van der Waals surface area contributed by atoms with Crippen molar-refractivity contribution < 1.29 is 19.2 Å². The summed E-state index contributed by atoms with van der Waals surface area (Å²) in [6.45, 7) is 2.16. The van der Waals surface area contributed by atoms with E-state index in [2.05, 4.69) is 10.3 Å². The van der Waals surface area contributed by atoms with Gasteiger partial charge in [0.15, 0.2) is 0 Å². The molecule has 4 rings (SSSR count). The molecule has 0 bridgehead atoms. The average Bonchev–Trinajstić information content (AvgIpc) is 2.84. The zero-order chi connectivity index (χ0) is 23.4. The van der Waals surface area contributed by atoms with E-state index in [1.165, 1.54) is 12.1 Å². The van der Waals surface area contributed by atoms with E-state index < -0.39 is 10.8 Å². The monoisotopic (exact) mass is 443 g/mol. The summed E-state index contributed by atoms with van der Waals surface area (Å²) in [6, 6.07) is 20.6. The molecule has 8 nitrogen and oxygen atoms in total. The van der Waals surface area contributed by atoms with E-state index in [-0.39, 0.29) is 11.4 Å². The summed E-state index contributed by atoms with van der Waals surface area (Å²) in [5, 5.41) is 14.9. The SMILES string of the molecule is CCOc1ccc(NC(=O)c2cc(-c3cccc(OC)c3)nc3ccccc23)c([N+](=O)[O-])c1. The molecule has 33 heavy (non-hydrogen) atoms. The van der Waals surface area contributed by atoms with Crippen LogP contribution in [0.5, 0.6) is 11.5 Å². The number of ether oxygens (including phenoxy) is 2. The van der Waals surface area contributed by atoms with Gasteiger partial charge in [0.2, 0.25) is 0 Å². The number of rotatable bonds is 7. The molecule has 0 aliphatic heterocycles. The normalized spacial score (nSPS) is 10.6. The first-order chi connectivity index (χ1) is 16.0. The van der Waals surface area contributed by atoms with E-state index >= 15 is 0 Å². The van der Waals surface area contributed by atoms with Crippen LogP contribution in [0.2, 0.25) is 0 Å². The van der Waals surface area contributed by atoms with Crippen LogP contribution in [0.15, 0.2) is 72.8 Å². The van der Waals surface area contributed by atoms with Gasteiger partial charge in [0.25, 0.3) is 11.6 Å². The third-order valence-corrected chi connectivity index (χ3v) is 5.05. The second-order valence-corrected chi connectivity index (χ2v) is 7.13. The van der Waals surface area contributed by atoms with E-state index in [0.29, 0.717) is 40.3 Å². The predicted molar refractivity (Wildman–Crippen MR) is 126 cm³/mol. The summed E-state index contributed by atoms with van der Waals surface area (Å²) >= 11 is 0. The molecular formula is C25H21N3O5. The molecule has 1 N–H and O–H groups in total. The van der Waals surface area contributed by atoms with E-state index in [4.69, 9.17) is 9.47 Å². The number of pyridine rings is 1. The molecular weight excluding hydrogens is 422 g/mol. The molecule has 0 fully saturated rings. The van der Waals surface area contributed by atoms with Crippen LogP contribution >= 0.6 is 0 Å². The van der Waals surface area contributed by atoms with Gasteiger partial charge in [0.05, 0.1) is 41.5 Å². The van der Waals surface area contributed by atoms with E-state index in [1.54, 1.807) is 32.2 Å². The van der Waals surface area contributed by atoms with E-state index in [0.717, 1.165) is 5.56 Å². The summed E-state index contributed by atoms with van der Waals surface area (Å²) < 4.78 is 10.6. The zero-order valence-corrected chi connectivity index (χ0v) is 18.1. The Morgan fingerprint density at radius 1 is 1.03 bits per heavy atom. The maximum absolute atomic E-state index is 13.3. The van der Waals surface area contributed by atoms with Gasteiger partial charge >= 0.3 is 0 Å². The van der Waals surface area contributed by atoms with Crippen molar-refractivity contribution in [2.24, 2.45) is 0 Å². The Kier molecular flexibility index (Phi) is 6.17. The number of nitro groups is 1. The molecule has 3 aromatic carbocycles. The van der Waals surface area contributed by atoms with Gasteiger partial charge in [-0.3, -0.25) is 14.9 Å². The Hall–Kier alpha value is -4.46. The lowest BCUT2D eigenvalue weighted by Gasteiger charge is -2.12. The molecule has 0 radical (unpaired) electrons. The minimum absolute atomic E-state index is 0.0808. The number of nitrogens with one attached hydrogen (secondary N) is 1. The number of aromatic nitrogens is 1. The Morgan fingerprint density at radius 3 is 2.61 bits per heavy atom. The minimum Gasteiger partial charge on any atom is -0.497 e. The summed E-state index contributed by atoms with van der Waals surface area (Å²) in [6.07, 6.45) is 0. The van der Waals surface area contributed by atoms with Crippen molar-refractivity contribution in [3.05, 3.63) is 88.5 Å². The second-order valence-electron chi connectivity index (χ2n) is 7.13. The molecule has 8 heteroatoms. The molecule has 0 saturated heterocycles. The van der Waals surface area contributed by atoms with Crippen molar-refractivity contribution in [1.29, 1.82) is 0 Å². The maximum atomic E-state index is 13.3. The Balaban J connectivity index is 1.78. The van der Waals surface area contributed by atoms with Crippen molar-refractivity contribution in [3.8, 4) is 22.8 Å². The molecule has 166 valence electrons. The van der Waals surface area contributed by atoms with Crippen molar-refractivity contribution in [2.75, 3.05) is 19.0 Å². The third kappa shape index (κ3) is 4.59. The first kappa shape index (κ1) is 21.8. The number of methoxy groups -OCH3 is 1. The number of para-hydroxylation sites is 1. The standard InChI is InChI=1S/C25H21N3O5/c1-3-33-18-11-12-22(24(14-18)28(30)31)27-25(29)20-15-23(16-7-6-8-17(13-16)32-2)26-21-10-5-4-9-19(20)21/h4-15H,3H2,1-2H3,(H,27,29). The van der Waals surface area contributed by atoms with E-state index in [1.807, 2.05) is 42.5 Å². The number of fused-ring (bicyclic) bond motifs is 1. The smallest absolute Gasteiger partial charge is 0.296 e. The van der Waals surface area contributed by atoms with E-state index in [9.17, 15) is 14.9 Å². The molecule has 1 heterocycles. The van der Waals surface area contributed by atoms with Gasteiger partial charge in [-0.25, -0.2) is 4.98 Å². The van der Waals surface area contributed by atoms with Gasteiger partial charge in [0.1, 0.15) is 17.2 Å². The number of nitrogens with zero attached hydrogens (tertiary/aromatic N) is 2. The summed E-state index contributed by atoms with van der Waals surface area (Å²) in [7, 11) is 1.58. The molecule has 0 aliphatic carbocycles. The molecule has 0 atom stereocenters. The van der Waals surface area contributed by atoms with Crippen molar-refractivity contribution >= 4 is 28.2 Å². The third-order valence-electron chi connectivity index (χ3n) is 5.05. The van der Waals surface area contributed by atoms with Gasteiger partial charge in [-0.2, -0.15) is 0 Å². The first-order valence-electron chi connectivity index (χ1n) is 10.3. The lowest BCUT2D eigenvalue weighted by atomic mass is 10.0. The van der Waals surface area contributed by atoms with Gasteiger partial charge in [-0.05, 0) is 43.3 Å². The lowest BCUT2D eigenvalue weighted by molar-refractivity contribution is -0.384. The van der Waals surface area contributed by atoms with Crippen LogP contribution in [0, 0.1) is 10.1 Å². The number of benzene rings is 3. The van der Waals surface area contributed by atoms with Crippen LogP contribution in [0.3, 0.4) is 0 Å². The highest BCUT2D eigenvalue weighted by atomic mass is 16.6. The number of amides is 1. The summed E-state index contributed by atoms with van der Waals surface area (Å²) in [5.41, 5.74) is 2.17. The fourth-order valence-corrected chi connectivity index (χ4v) is 3.51. The van der Waals surface area contributed by atoms with Crippen LogP contribution < -0.4 is 14.8 Å². The largest absolute Gasteiger partial charge is 0.497 e. The van der Waals surface area contributed by atoms with Gasteiger partial charge in [-0.15, -0.1) is 0 Å². The molecule has 4 aromatic rings. The number of carbonyl (C=O) groups is 1. The lowest BCUT2D eigenvalue weighted by Crippen LogP contribution is -2.14. The van der Waals surface area contributed by atoms with Crippen LogP contribution in [-0.4, -0.2) is 29.5 Å². The number of anilines is 1. The molecule has 0 spiro atoms. The highest BCUT2D eigenvalue weighted by Crippen LogP contribution is 2.31. The number of carbonyl (C=O) groups excluding carboxylic acids is 1. The minimum atomic E-state index is -0.551. The van der Waals surface area contributed by atoms with Gasteiger partial charge in [-0.1, -0.05) is 30.3 Å². The second kappa shape index (κ2) is 9.35. The number of nitro benzene ring substituents is 1. The molecule has 0 saturated carbocycles. The van der Waals surface area contributed by atoms with Crippen LogP contribution in [0.1, 0.15) is 17.3 Å². The Labute approximate surface area is 189 Å². The molecule has 1 aromatic heterocycles. The van der Waals surface area contributed by atoms with Gasteiger partial charge in [0, 0.05) is 10.9 Å². The topological polar surface area (TPSA) is 104 Å². The van der Waals surface area contributed by atoms with Crippen molar-refractivity contribution in [2.45, 2.75) is 6.92 Å². The highest BCUT2D eigenvalue weighted by Gasteiger charge is 2.20. The number of hydrogen-bond acceptors (Lipinski definition) is 6. The highest BCUT2D eigenvalue weighted by molar-refractivity contribution is 6.13. The summed E-state index contributed by atoms with van der Waals surface area (Å²) in [5.74, 6) is 0.542. The first-order valence-corrected chi connectivity index (χ1v) is 10.3. The van der Waals surface area contributed by atoms with Crippen LogP contribution in [0.4, 0.5) is 11.4 Å². The Morgan fingerprint density at radius 2 is 1.85 bits per heavy atom. The van der Waals surface area contributed by atoms with Crippen molar-refractivity contribution in [3.63, 3.8) is 0 Å². The summed E-state index contributed by atoms with van der Waals surface area (Å²) in [4.78, 5) is 29.0. The van der Waals surface area contributed by atoms with Crippen LogP contribution in [0.25, 0.3) is 22.2 Å². The van der Waals surface area contributed by atoms with Crippen molar-refractivity contribution in [1.82, 2.24) is 4.98 Å². The molecule has 0 aliphatic rings. The van der Waals surface area contributed by atoms with Gasteiger partial charge < -0.3 is 14.8 Å². The molecule has 0 unspecified atom stereocenters. The Bertz CT molecular complexity index is 1350. The fraction of sp³-hybridized carbons (Fsp3) is 0.120. The average molecular weight is 443 g/mol. The van der Waals surface area contributed by atoms with Crippen LogP contribution in [-0.2, 0) is 0 Å². The quantitative estimate of drug-likeness (QED) is 0.300. The zero-order valence-electron chi connectivity index (χ0n) is 18.1.